The van der Waals surface area contributed by atoms with Gasteiger partial charge in [-0.25, -0.2) is 4.79 Å². The quantitative estimate of drug-likeness (QED) is 0.198. The molecule has 0 bridgehead atoms. The summed E-state index contributed by atoms with van der Waals surface area (Å²) in [5.41, 5.74) is 0. The predicted octanol–water partition coefficient (Wildman–Crippen LogP) is -5.27. The fourth-order valence-electron chi connectivity index (χ4n) is 0. The summed E-state index contributed by atoms with van der Waals surface area (Å²) in [5.74, 6) is 0. The third-order valence-electron chi connectivity index (χ3n) is 0. The largest absolute Gasteiger partial charge is 1.00 e. The van der Waals surface area contributed by atoms with Crippen LogP contribution in [0.25, 0.3) is 0 Å². The van der Waals surface area contributed by atoms with Crippen molar-refractivity contribution in [3.63, 3.8) is 0 Å². The van der Waals surface area contributed by atoms with Crippen molar-refractivity contribution in [2.45, 2.75) is 0 Å². The smallest absolute Gasteiger partial charge is 1.00 e. The van der Waals surface area contributed by atoms with Crippen LogP contribution in [0, 0.1) is 0 Å². The Kier molecular flexibility index (Phi) is 11.6. The topological polar surface area (TPSA) is 138 Å². The van der Waals surface area contributed by atoms with Crippen LogP contribution in [0.2, 0.25) is 0 Å². The molecule has 0 fully saturated rings. The summed E-state index contributed by atoms with van der Waals surface area (Å²) in [6.07, 6.45) is -1.83. The summed E-state index contributed by atoms with van der Waals surface area (Å²) in [4.78, 5) is 37.9. The van der Waals surface area contributed by atoms with Crippen molar-refractivity contribution in [2.24, 2.45) is 0 Å². The van der Waals surface area contributed by atoms with Crippen molar-refractivity contribution in [1.82, 2.24) is 0 Å². The van der Waals surface area contributed by atoms with Gasteiger partial charge in [0.15, 0.2) is 0 Å². The van der Waals surface area contributed by atoms with Gasteiger partial charge in [0.25, 0.3) is 0 Å². The maximum absolute atomic E-state index is 8.56. The third kappa shape index (κ3) is 66300. The molecule has 0 aliphatic rings. The van der Waals surface area contributed by atoms with Crippen LogP contribution in [0.3, 0.4) is 0 Å². The Morgan fingerprint density at radius 1 is 1.10 bits per heavy atom. The molecular formula is CH7LiO7Si. The van der Waals surface area contributed by atoms with Gasteiger partial charge in [0.05, 0.1) is 0 Å². The maximum Gasteiger partial charge on any atom is 1.00 e. The van der Waals surface area contributed by atoms with Crippen molar-refractivity contribution in [3.8, 4) is 0 Å². The number of hydrogen-bond acceptors (Lipinski definition) is 5. The average Bonchev–Trinajstić information content (AvgIpc) is 1.19. The van der Waals surface area contributed by atoms with E-state index in [1.165, 1.54) is 0 Å². The average molecular weight is 166 g/mol. The Morgan fingerprint density at radius 2 is 1.10 bits per heavy atom. The molecule has 0 aromatic heterocycles. The van der Waals surface area contributed by atoms with E-state index in [9.17, 15) is 0 Å². The molecule has 9 heteroatoms. The molecule has 0 amide bonds. The van der Waals surface area contributed by atoms with E-state index >= 15 is 0 Å². The molecule has 0 atom stereocenters. The van der Waals surface area contributed by atoms with Gasteiger partial charge in [0, 0.05) is 0 Å². The van der Waals surface area contributed by atoms with E-state index < -0.39 is 15.2 Å². The summed E-state index contributed by atoms with van der Waals surface area (Å²) >= 11 is 0. The third-order valence-corrected chi connectivity index (χ3v) is 0. The van der Waals surface area contributed by atoms with E-state index in [0.717, 1.165) is 0 Å². The monoisotopic (exact) mass is 166 g/mol. The van der Waals surface area contributed by atoms with Gasteiger partial charge >= 0.3 is 34.1 Å². The van der Waals surface area contributed by atoms with Gasteiger partial charge in [0.1, 0.15) is 0 Å². The summed E-state index contributed by atoms with van der Waals surface area (Å²) in [6, 6.07) is 0. The van der Waals surface area contributed by atoms with Crippen LogP contribution in [0.15, 0.2) is 0 Å². The zero-order chi connectivity index (χ0) is 8.08. The molecule has 0 heterocycles. The van der Waals surface area contributed by atoms with E-state index in [4.69, 9.17) is 34.2 Å². The van der Waals surface area contributed by atoms with Gasteiger partial charge in [-0.05, 0) is 0 Å². The van der Waals surface area contributed by atoms with Gasteiger partial charge in [-0.15, -0.1) is 0 Å². The SMILES string of the molecule is O=C(O)O.O[Si](O)(O)O.[H-].[Li+]. The van der Waals surface area contributed by atoms with Crippen molar-refractivity contribution in [2.75, 3.05) is 0 Å². The maximum atomic E-state index is 8.56. The zero-order valence-corrected chi connectivity index (χ0v) is 6.09. The molecule has 58 valence electrons. The van der Waals surface area contributed by atoms with Crippen LogP contribution in [0.4, 0.5) is 4.79 Å². The minimum atomic E-state index is -4.61. The molecule has 0 aliphatic carbocycles. The van der Waals surface area contributed by atoms with E-state index in [2.05, 4.69) is 0 Å². The van der Waals surface area contributed by atoms with Gasteiger partial charge in [-0.2, -0.15) is 0 Å². The molecule has 6 N–H and O–H groups in total. The van der Waals surface area contributed by atoms with E-state index in [1.54, 1.807) is 0 Å². The minimum Gasteiger partial charge on any atom is -1.00 e. The van der Waals surface area contributed by atoms with E-state index in [0.29, 0.717) is 0 Å². The summed E-state index contributed by atoms with van der Waals surface area (Å²) in [6.45, 7) is 0. The second-order valence-corrected chi connectivity index (χ2v) is 2.08. The zero-order valence-electron chi connectivity index (χ0n) is 6.09. The van der Waals surface area contributed by atoms with Crippen LogP contribution in [0.1, 0.15) is 1.43 Å². The molecule has 0 unspecified atom stereocenters. The normalized spacial score (nSPS) is 8.40. The first-order valence-corrected chi connectivity index (χ1v) is 3.33. The second kappa shape index (κ2) is 7.04. The fourth-order valence-corrected chi connectivity index (χ4v) is 0. The Hall–Kier alpha value is -0.0757. The predicted molar refractivity (Wildman–Crippen MR) is 26.4 cm³/mol. The van der Waals surface area contributed by atoms with Crippen molar-refractivity contribution < 1.29 is 54.5 Å². The van der Waals surface area contributed by atoms with Crippen LogP contribution in [0.5, 0.6) is 0 Å². The van der Waals surface area contributed by atoms with Gasteiger partial charge in [0.2, 0.25) is 0 Å². The summed E-state index contributed by atoms with van der Waals surface area (Å²) < 4.78 is 0. The Morgan fingerprint density at radius 3 is 1.10 bits per heavy atom. The van der Waals surface area contributed by atoms with Gasteiger partial charge in [-0.1, -0.05) is 0 Å². The number of rotatable bonds is 0. The van der Waals surface area contributed by atoms with Gasteiger partial charge < -0.3 is 30.8 Å². The first-order chi connectivity index (χ1) is 3.73. The Bertz CT molecular complexity index is 80.9. The molecule has 10 heavy (non-hydrogen) atoms. The molecule has 0 saturated carbocycles. The summed E-state index contributed by atoms with van der Waals surface area (Å²) in [7, 11) is -4.61. The minimum absolute atomic E-state index is 0. The molecule has 0 rings (SSSR count). The van der Waals surface area contributed by atoms with Crippen molar-refractivity contribution in [1.29, 1.82) is 0 Å². The molecule has 7 nitrogen and oxygen atoms in total. The van der Waals surface area contributed by atoms with Gasteiger partial charge in [-0.3, -0.25) is 0 Å². The first-order valence-electron chi connectivity index (χ1n) is 1.55. The second-order valence-electron chi connectivity index (χ2n) is 0.883. The fraction of sp³-hybridized carbons (Fsp3) is 0. The molecule has 0 aromatic carbocycles. The van der Waals surface area contributed by atoms with Crippen molar-refractivity contribution in [3.05, 3.63) is 0 Å². The van der Waals surface area contributed by atoms with E-state index in [-0.39, 0.29) is 20.3 Å². The molecule has 0 saturated heterocycles. The molecule has 0 aromatic rings. The Labute approximate surface area is 70.3 Å². The molecule has 0 radical (unpaired) electrons. The van der Waals surface area contributed by atoms with Crippen LogP contribution >= 0.6 is 0 Å². The number of hydrogen-bond donors (Lipinski definition) is 6. The standard InChI is InChI=1S/CH2O3.Li.H4O4Si.H/c2-1(3)4;;1-5(2,3)4;/h(H2,2,3,4);;1-4H;/q;+1;;-1. The molecule has 0 spiro atoms. The molecular weight excluding hydrogens is 159 g/mol. The number of carbonyl (C=O) groups is 1. The first kappa shape index (κ1) is 16.5. The summed E-state index contributed by atoms with van der Waals surface area (Å²) in [5, 5.41) is 13.9. The Balaban J connectivity index is -0.0000000383. The van der Waals surface area contributed by atoms with Crippen LogP contribution in [-0.2, 0) is 0 Å². The number of carboxylic acid groups (broad SMARTS) is 2. The molecule has 0 aliphatic heterocycles. The van der Waals surface area contributed by atoms with Crippen LogP contribution in [-0.4, -0.2) is 44.6 Å². The van der Waals surface area contributed by atoms with Crippen LogP contribution < -0.4 is 18.9 Å². The van der Waals surface area contributed by atoms with E-state index in [1.807, 2.05) is 0 Å². The van der Waals surface area contributed by atoms with Crippen molar-refractivity contribution >= 4 is 15.2 Å².